The molecule has 1 aromatic rings. The first-order valence-electron chi connectivity index (χ1n) is 6.99. The monoisotopic (exact) mass is 278 g/mol. The summed E-state index contributed by atoms with van der Waals surface area (Å²) in [5.74, 6) is -0.0699. The lowest BCUT2D eigenvalue weighted by Gasteiger charge is -2.28. The van der Waals surface area contributed by atoms with E-state index in [1.807, 2.05) is 45.0 Å². The molecule has 0 bridgehead atoms. The third-order valence-electron chi connectivity index (χ3n) is 3.40. The summed E-state index contributed by atoms with van der Waals surface area (Å²) in [6.45, 7) is 5.86. The van der Waals surface area contributed by atoms with Crippen LogP contribution in [0.3, 0.4) is 0 Å². The fourth-order valence-corrected chi connectivity index (χ4v) is 1.81. The van der Waals surface area contributed by atoms with E-state index >= 15 is 0 Å². The van der Waals surface area contributed by atoms with Gasteiger partial charge >= 0.3 is 0 Å². The molecule has 1 heterocycles. The van der Waals surface area contributed by atoms with E-state index in [-0.39, 0.29) is 17.9 Å². The van der Waals surface area contributed by atoms with Crippen LogP contribution in [0.25, 0.3) is 0 Å². The van der Waals surface area contributed by atoms with Crippen molar-refractivity contribution in [2.45, 2.75) is 26.4 Å². The van der Waals surface area contributed by atoms with E-state index < -0.39 is 0 Å². The minimum atomic E-state index is -0.172. The highest BCUT2D eigenvalue weighted by Crippen LogP contribution is 2.10. The molecule has 0 saturated carbocycles. The van der Waals surface area contributed by atoms with Gasteiger partial charge in [-0.25, -0.2) is 0 Å². The number of amides is 1. The molecule has 0 aliphatic rings. The Labute approximate surface area is 121 Å². The highest BCUT2D eigenvalue weighted by molar-refractivity contribution is 5.79. The summed E-state index contributed by atoms with van der Waals surface area (Å²) in [6, 6.07) is 3.73. The lowest BCUT2D eigenvalue weighted by atomic mass is 10.0. The Morgan fingerprint density at radius 3 is 2.55 bits per heavy atom. The molecule has 0 spiro atoms. The number of pyridine rings is 1. The van der Waals surface area contributed by atoms with E-state index in [9.17, 15) is 4.79 Å². The van der Waals surface area contributed by atoms with Gasteiger partial charge in [-0.2, -0.15) is 0 Å². The molecule has 0 aliphatic carbocycles. The molecular weight excluding hydrogens is 252 g/mol. The zero-order valence-corrected chi connectivity index (χ0v) is 12.9. The predicted molar refractivity (Wildman–Crippen MR) is 81.0 cm³/mol. The van der Waals surface area contributed by atoms with Gasteiger partial charge in [0.1, 0.15) is 0 Å². The number of aromatic nitrogens is 1. The summed E-state index contributed by atoms with van der Waals surface area (Å²) < 4.78 is 0. The fraction of sp³-hybridized carbons (Fsp3) is 0.600. The van der Waals surface area contributed by atoms with Crippen LogP contribution in [0.15, 0.2) is 24.5 Å². The minimum absolute atomic E-state index is 0.103. The average molecular weight is 278 g/mol. The first kappa shape index (κ1) is 16.6. The number of likely N-dealkylation sites (N-methyl/N-ethyl adjacent to an activating group) is 1. The second kappa shape index (κ2) is 7.97. The van der Waals surface area contributed by atoms with Crippen molar-refractivity contribution < 1.29 is 4.79 Å². The topological polar surface area (TPSA) is 62.5 Å². The van der Waals surface area contributed by atoms with Crippen LogP contribution in [0.5, 0.6) is 0 Å². The molecule has 2 N–H and O–H groups in total. The molecule has 0 radical (unpaired) electrons. The van der Waals surface area contributed by atoms with Crippen molar-refractivity contribution in [2.24, 2.45) is 11.7 Å². The molecule has 2 atom stereocenters. The van der Waals surface area contributed by atoms with Crippen LogP contribution in [0.1, 0.15) is 19.4 Å². The SMILES string of the molecule is CC(N)C(C)C(=O)N(CCN(C)C)Cc1cccnc1. The maximum Gasteiger partial charge on any atom is 0.227 e. The molecule has 1 rings (SSSR count). The van der Waals surface area contributed by atoms with Crippen molar-refractivity contribution in [3.05, 3.63) is 30.1 Å². The summed E-state index contributed by atoms with van der Waals surface area (Å²) >= 11 is 0. The molecule has 5 heteroatoms. The molecule has 112 valence electrons. The maximum absolute atomic E-state index is 12.5. The van der Waals surface area contributed by atoms with Gasteiger partial charge in [-0.15, -0.1) is 0 Å². The number of nitrogens with two attached hydrogens (primary N) is 1. The summed E-state index contributed by atoms with van der Waals surface area (Å²) in [4.78, 5) is 20.5. The Balaban J connectivity index is 2.76. The Bertz CT molecular complexity index is 406. The molecule has 2 unspecified atom stereocenters. The van der Waals surface area contributed by atoms with Gasteiger partial charge in [0.15, 0.2) is 0 Å². The van der Waals surface area contributed by atoms with Gasteiger partial charge in [-0.05, 0) is 32.6 Å². The van der Waals surface area contributed by atoms with Crippen molar-refractivity contribution >= 4 is 5.91 Å². The highest BCUT2D eigenvalue weighted by Gasteiger charge is 2.23. The van der Waals surface area contributed by atoms with E-state index in [4.69, 9.17) is 5.73 Å². The van der Waals surface area contributed by atoms with Crippen LogP contribution in [0.2, 0.25) is 0 Å². The average Bonchev–Trinajstić information content (AvgIpc) is 2.42. The van der Waals surface area contributed by atoms with Crippen molar-refractivity contribution in [1.29, 1.82) is 0 Å². The zero-order valence-electron chi connectivity index (χ0n) is 12.9. The second-order valence-corrected chi connectivity index (χ2v) is 5.57. The van der Waals surface area contributed by atoms with E-state index in [1.165, 1.54) is 0 Å². The van der Waals surface area contributed by atoms with Crippen LogP contribution in [-0.2, 0) is 11.3 Å². The van der Waals surface area contributed by atoms with Crippen molar-refractivity contribution in [2.75, 3.05) is 27.2 Å². The molecular formula is C15H26N4O. The van der Waals surface area contributed by atoms with Gasteiger partial charge in [0.25, 0.3) is 0 Å². The standard InChI is InChI=1S/C15H26N4O/c1-12(13(2)16)15(20)19(9-8-18(3)4)11-14-6-5-7-17-10-14/h5-7,10,12-13H,8-9,11,16H2,1-4H3. The maximum atomic E-state index is 12.5. The largest absolute Gasteiger partial charge is 0.337 e. The van der Waals surface area contributed by atoms with Gasteiger partial charge in [0, 0.05) is 38.1 Å². The van der Waals surface area contributed by atoms with Gasteiger partial charge < -0.3 is 15.5 Å². The van der Waals surface area contributed by atoms with Crippen molar-refractivity contribution in [3.63, 3.8) is 0 Å². The normalized spacial score (nSPS) is 14.1. The summed E-state index contributed by atoms with van der Waals surface area (Å²) in [5, 5.41) is 0. The van der Waals surface area contributed by atoms with Crippen LogP contribution in [-0.4, -0.2) is 53.9 Å². The number of nitrogens with zero attached hydrogens (tertiary/aromatic N) is 3. The molecule has 5 nitrogen and oxygen atoms in total. The lowest BCUT2D eigenvalue weighted by molar-refractivity contribution is -0.136. The van der Waals surface area contributed by atoms with E-state index in [0.29, 0.717) is 13.1 Å². The summed E-state index contributed by atoms with van der Waals surface area (Å²) in [7, 11) is 4.00. The Morgan fingerprint density at radius 2 is 2.05 bits per heavy atom. The molecule has 0 aromatic carbocycles. The minimum Gasteiger partial charge on any atom is -0.337 e. The van der Waals surface area contributed by atoms with Crippen molar-refractivity contribution in [3.8, 4) is 0 Å². The summed E-state index contributed by atoms with van der Waals surface area (Å²) in [5.41, 5.74) is 6.89. The molecule has 0 saturated heterocycles. The Kier molecular flexibility index (Phi) is 6.61. The number of carbonyl (C=O) groups is 1. The molecule has 0 fully saturated rings. The Hall–Kier alpha value is -1.46. The van der Waals surface area contributed by atoms with Crippen LogP contribution in [0, 0.1) is 5.92 Å². The molecule has 0 aliphatic heterocycles. The van der Waals surface area contributed by atoms with E-state index in [0.717, 1.165) is 12.1 Å². The number of hydrogen-bond acceptors (Lipinski definition) is 4. The van der Waals surface area contributed by atoms with Gasteiger partial charge in [0.05, 0.1) is 5.92 Å². The zero-order chi connectivity index (χ0) is 15.1. The van der Waals surface area contributed by atoms with Crippen LogP contribution >= 0.6 is 0 Å². The van der Waals surface area contributed by atoms with Gasteiger partial charge in [-0.1, -0.05) is 13.0 Å². The van der Waals surface area contributed by atoms with Gasteiger partial charge in [0.2, 0.25) is 5.91 Å². The van der Waals surface area contributed by atoms with Crippen LogP contribution < -0.4 is 5.73 Å². The fourth-order valence-electron chi connectivity index (χ4n) is 1.81. The number of carbonyl (C=O) groups excluding carboxylic acids is 1. The van der Waals surface area contributed by atoms with Gasteiger partial charge in [-0.3, -0.25) is 9.78 Å². The quantitative estimate of drug-likeness (QED) is 0.807. The first-order valence-corrected chi connectivity index (χ1v) is 6.99. The number of rotatable bonds is 7. The van der Waals surface area contributed by atoms with Crippen LogP contribution in [0.4, 0.5) is 0 Å². The predicted octanol–water partition coefficient (Wildman–Crippen LogP) is 0.955. The molecule has 20 heavy (non-hydrogen) atoms. The third-order valence-corrected chi connectivity index (χ3v) is 3.40. The smallest absolute Gasteiger partial charge is 0.227 e. The first-order chi connectivity index (χ1) is 9.41. The second-order valence-electron chi connectivity index (χ2n) is 5.57. The van der Waals surface area contributed by atoms with E-state index in [1.54, 1.807) is 12.4 Å². The third kappa shape index (κ3) is 5.27. The number of hydrogen-bond donors (Lipinski definition) is 1. The molecule has 1 aromatic heterocycles. The molecule has 1 amide bonds. The van der Waals surface area contributed by atoms with E-state index in [2.05, 4.69) is 9.88 Å². The summed E-state index contributed by atoms with van der Waals surface area (Å²) in [6.07, 6.45) is 3.53. The lowest BCUT2D eigenvalue weighted by Crippen LogP contribution is -2.43. The Morgan fingerprint density at radius 1 is 1.35 bits per heavy atom. The highest BCUT2D eigenvalue weighted by atomic mass is 16.2. The van der Waals surface area contributed by atoms with Crippen molar-refractivity contribution in [1.82, 2.24) is 14.8 Å².